The highest BCUT2D eigenvalue weighted by Crippen LogP contribution is 2.28. The topological polar surface area (TPSA) is 110 Å². The molecule has 3 rings (SSSR count). The van der Waals surface area contributed by atoms with E-state index in [1.54, 1.807) is 0 Å². The van der Waals surface area contributed by atoms with Gasteiger partial charge in [0.15, 0.2) is 6.61 Å². The van der Waals surface area contributed by atoms with Gasteiger partial charge >= 0.3 is 12.1 Å². The van der Waals surface area contributed by atoms with E-state index in [0.29, 0.717) is 13.1 Å². The van der Waals surface area contributed by atoms with Crippen molar-refractivity contribution in [2.75, 3.05) is 32.8 Å². The summed E-state index contributed by atoms with van der Waals surface area (Å²) in [6.07, 6.45) is 0.737. The van der Waals surface area contributed by atoms with Crippen molar-refractivity contribution in [1.29, 1.82) is 0 Å². The SMILES string of the molecule is O=C(OCC(=O)N1CCOC1=O)c1ccc(Cl)c(S(=O)(=O)N2CCCC2)c1. The predicted molar refractivity (Wildman–Crippen MR) is 92.8 cm³/mol. The number of amides is 2. The fourth-order valence-corrected chi connectivity index (χ4v) is 4.82. The van der Waals surface area contributed by atoms with Gasteiger partial charge in [-0.2, -0.15) is 4.31 Å². The van der Waals surface area contributed by atoms with Crippen LogP contribution in [0.25, 0.3) is 0 Å². The zero-order chi connectivity index (χ0) is 19.6. The van der Waals surface area contributed by atoms with E-state index in [2.05, 4.69) is 4.74 Å². The second-order valence-electron chi connectivity index (χ2n) is 5.99. The summed E-state index contributed by atoms with van der Waals surface area (Å²) in [5.74, 6) is -1.62. The first-order valence-electron chi connectivity index (χ1n) is 8.24. The highest BCUT2D eigenvalue weighted by Gasteiger charge is 2.31. The van der Waals surface area contributed by atoms with Crippen molar-refractivity contribution in [3.8, 4) is 0 Å². The largest absolute Gasteiger partial charge is 0.452 e. The van der Waals surface area contributed by atoms with Gasteiger partial charge in [0, 0.05) is 13.1 Å². The summed E-state index contributed by atoms with van der Waals surface area (Å²) in [6, 6.07) is 3.73. The molecule has 0 radical (unpaired) electrons. The lowest BCUT2D eigenvalue weighted by molar-refractivity contribution is -0.131. The van der Waals surface area contributed by atoms with E-state index in [9.17, 15) is 22.8 Å². The Bertz CT molecular complexity index is 881. The molecule has 1 aromatic rings. The quantitative estimate of drug-likeness (QED) is 0.664. The van der Waals surface area contributed by atoms with Crippen LogP contribution in [-0.2, 0) is 24.3 Å². The van der Waals surface area contributed by atoms with Crippen molar-refractivity contribution in [2.45, 2.75) is 17.7 Å². The molecule has 0 spiro atoms. The second kappa shape index (κ2) is 7.83. The van der Waals surface area contributed by atoms with E-state index in [-0.39, 0.29) is 28.6 Å². The Balaban J connectivity index is 1.72. The van der Waals surface area contributed by atoms with E-state index >= 15 is 0 Å². The van der Waals surface area contributed by atoms with Gasteiger partial charge < -0.3 is 9.47 Å². The van der Waals surface area contributed by atoms with Gasteiger partial charge in [0.05, 0.1) is 17.1 Å². The van der Waals surface area contributed by atoms with Gasteiger partial charge in [-0.3, -0.25) is 4.79 Å². The van der Waals surface area contributed by atoms with Gasteiger partial charge in [-0.15, -0.1) is 0 Å². The summed E-state index contributed by atoms with van der Waals surface area (Å²) in [7, 11) is -3.82. The number of nitrogens with zero attached hydrogens (tertiary/aromatic N) is 2. The molecular weight excluding hydrogens is 400 g/mol. The lowest BCUT2D eigenvalue weighted by atomic mass is 10.2. The third-order valence-electron chi connectivity index (χ3n) is 4.24. The molecule has 2 aliphatic rings. The first kappa shape index (κ1) is 19.6. The van der Waals surface area contributed by atoms with E-state index in [4.69, 9.17) is 16.3 Å². The number of hydrogen-bond acceptors (Lipinski definition) is 7. The zero-order valence-electron chi connectivity index (χ0n) is 14.2. The molecule has 1 aromatic carbocycles. The lowest BCUT2D eigenvalue weighted by Gasteiger charge is -2.17. The number of carbonyl (C=O) groups excluding carboxylic acids is 3. The standard InChI is InChI=1S/C16H17ClN2O7S/c17-12-4-3-11(9-13(12)27(23,24)18-5-1-2-6-18)15(21)26-10-14(20)19-7-8-25-16(19)22/h3-4,9H,1-2,5-8,10H2. The van der Waals surface area contributed by atoms with Crippen molar-refractivity contribution in [1.82, 2.24) is 9.21 Å². The number of ether oxygens (including phenoxy) is 2. The smallest absolute Gasteiger partial charge is 0.416 e. The van der Waals surface area contributed by atoms with E-state index in [0.717, 1.165) is 23.8 Å². The average Bonchev–Trinajstić information content (AvgIpc) is 3.31. The summed E-state index contributed by atoms with van der Waals surface area (Å²) in [5.41, 5.74) is -0.0611. The van der Waals surface area contributed by atoms with Crippen LogP contribution in [0.2, 0.25) is 5.02 Å². The number of sulfonamides is 1. The molecule has 2 fully saturated rings. The second-order valence-corrected chi connectivity index (χ2v) is 8.31. The normalized spacial score (nSPS) is 17.8. The molecular formula is C16H17ClN2O7S. The Kier molecular flexibility index (Phi) is 5.68. The third kappa shape index (κ3) is 4.07. The van der Waals surface area contributed by atoms with Crippen LogP contribution in [0.15, 0.2) is 23.1 Å². The summed E-state index contributed by atoms with van der Waals surface area (Å²) < 4.78 is 36.2. The molecule has 2 saturated heterocycles. The molecule has 0 bridgehead atoms. The Morgan fingerprint density at radius 1 is 1.19 bits per heavy atom. The monoisotopic (exact) mass is 416 g/mol. The molecule has 0 aromatic heterocycles. The van der Waals surface area contributed by atoms with Crippen molar-refractivity contribution in [3.05, 3.63) is 28.8 Å². The number of rotatable bonds is 5. The van der Waals surface area contributed by atoms with E-state index in [1.165, 1.54) is 16.4 Å². The first-order chi connectivity index (χ1) is 12.8. The number of esters is 1. The number of carbonyl (C=O) groups is 3. The summed E-state index contributed by atoms with van der Waals surface area (Å²) in [6.45, 7) is 0.314. The summed E-state index contributed by atoms with van der Waals surface area (Å²) in [5, 5.41) is -0.00524. The van der Waals surface area contributed by atoms with Crippen LogP contribution in [0.4, 0.5) is 4.79 Å². The van der Waals surface area contributed by atoms with Gasteiger partial charge in [-0.1, -0.05) is 11.6 Å². The maximum Gasteiger partial charge on any atom is 0.416 e. The van der Waals surface area contributed by atoms with Crippen molar-refractivity contribution in [2.24, 2.45) is 0 Å². The number of halogens is 1. The van der Waals surface area contributed by atoms with Gasteiger partial charge in [0.25, 0.3) is 5.91 Å². The minimum atomic E-state index is -3.82. The first-order valence-corrected chi connectivity index (χ1v) is 10.1. The molecule has 2 heterocycles. The molecule has 2 aliphatic heterocycles. The summed E-state index contributed by atoms with van der Waals surface area (Å²) in [4.78, 5) is 36.0. The maximum absolute atomic E-state index is 12.7. The molecule has 11 heteroatoms. The number of hydrogen-bond donors (Lipinski definition) is 0. The number of imide groups is 1. The molecule has 2 amide bonds. The van der Waals surface area contributed by atoms with Crippen LogP contribution in [0.1, 0.15) is 23.2 Å². The van der Waals surface area contributed by atoms with Crippen LogP contribution >= 0.6 is 11.6 Å². The fraction of sp³-hybridized carbons (Fsp3) is 0.438. The molecule has 0 unspecified atom stereocenters. The van der Waals surface area contributed by atoms with Crippen LogP contribution in [0.3, 0.4) is 0 Å². The summed E-state index contributed by atoms with van der Waals surface area (Å²) >= 11 is 6.02. The molecule has 0 atom stereocenters. The molecule has 0 aliphatic carbocycles. The Morgan fingerprint density at radius 2 is 1.89 bits per heavy atom. The lowest BCUT2D eigenvalue weighted by Crippen LogP contribution is -2.35. The molecule has 27 heavy (non-hydrogen) atoms. The van der Waals surface area contributed by atoms with Gasteiger partial charge in [-0.05, 0) is 31.0 Å². The molecule has 0 N–H and O–H groups in total. The maximum atomic E-state index is 12.7. The number of cyclic esters (lactones) is 1. The van der Waals surface area contributed by atoms with E-state index < -0.39 is 34.6 Å². The Morgan fingerprint density at radius 3 is 2.52 bits per heavy atom. The molecule has 146 valence electrons. The predicted octanol–water partition coefficient (Wildman–Crippen LogP) is 1.26. The van der Waals surface area contributed by atoms with Crippen molar-refractivity contribution in [3.63, 3.8) is 0 Å². The van der Waals surface area contributed by atoms with Crippen LogP contribution in [0.5, 0.6) is 0 Å². The van der Waals surface area contributed by atoms with Gasteiger partial charge in [0.2, 0.25) is 10.0 Å². The Hall–Kier alpha value is -2.17. The highest BCUT2D eigenvalue weighted by molar-refractivity contribution is 7.89. The van der Waals surface area contributed by atoms with Crippen LogP contribution < -0.4 is 0 Å². The van der Waals surface area contributed by atoms with Crippen molar-refractivity contribution >= 4 is 39.6 Å². The minimum absolute atomic E-state index is 0.00524. The van der Waals surface area contributed by atoms with Gasteiger partial charge in [0.1, 0.15) is 11.5 Å². The van der Waals surface area contributed by atoms with Crippen LogP contribution in [0, 0.1) is 0 Å². The Labute approximate surface area is 160 Å². The zero-order valence-corrected chi connectivity index (χ0v) is 15.8. The molecule has 9 nitrogen and oxygen atoms in total. The highest BCUT2D eigenvalue weighted by atomic mass is 35.5. The third-order valence-corrected chi connectivity index (χ3v) is 6.62. The van der Waals surface area contributed by atoms with Gasteiger partial charge in [-0.25, -0.2) is 22.9 Å². The fourth-order valence-electron chi connectivity index (χ4n) is 2.80. The van der Waals surface area contributed by atoms with Crippen molar-refractivity contribution < 1.29 is 32.3 Å². The number of benzene rings is 1. The van der Waals surface area contributed by atoms with Crippen LogP contribution in [-0.4, -0.2) is 68.4 Å². The molecule has 0 saturated carbocycles. The average molecular weight is 417 g/mol. The minimum Gasteiger partial charge on any atom is -0.452 e. The van der Waals surface area contributed by atoms with E-state index in [1.807, 2.05) is 0 Å².